The third-order valence-corrected chi connectivity index (χ3v) is 4.58. The Morgan fingerprint density at radius 1 is 1.10 bits per heavy atom. The van der Waals surface area contributed by atoms with Crippen molar-refractivity contribution in [3.05, 3.63) is 77.9 Å². The van der Waals surface area contributed by atoms with Crippen LogP contribution in [-0.2, 0) is 17.9 Å². The van der Waals surface area contributed by atoms with Gasteiger partial charge in [0.2, 0.25) is 5.91 Å². The summed E-state index contributed by atoms with van der Waals surface area (Å²) in [5.41, 5.74) is 2.70. The summed E-state index contributed by atoms with van der Waals surface area (Å²) in [4.78, 5) is 16.1. The number of rotatable bonds is 8. The predicted molar refractivity (Wildman–Crippen MR) is 109 cm³/mol. The maximum absolute atomic E-state index is 13.8. The number of amides is 1. The zero-order valence-electron chi connectivity index (χ0n) is 16.9. The third-order valence-electron chi connectivity index (χ3n) is 4.58. The van der Waals surface area contributed by atoms with Gasteiger partial charge in [0.25, 0.3) is 0 Å². The van der Waals surface area contributed by atoms with E-state index in [-0.39, 0.29) is 18.2 Å². The minimum atomic E-state index is -0.405. The van der Waals surface area contributed by atoms with Crippen LogP contribution in [0.3, 0.4) is 0 Å². The highest BCUT2D eigenvalue weighted by Gasteiger charge is 2.14. The van der Waals surface area contributed by atoms with Crippen molar-refractivity contribution in [3.8, 4) is 11.4 Å². The molecule has 0 radical (unpaired) electrons. The second kappa shape index (κ2) is 9.34. The molecule has 0 aliphatic heterocycles. The summed E-state index contributed by atoms with van der Waals surface area (Å²) in [7, 11) is 5.03. The fourth-order valence-electron chi connectivity index (χ4n) is 3.05. The summed E-state index contributed by atoms with van der Waals surface area (Å²) >= 11 is 0. The average Bonchev–Trinajstić information content (AvgIpc) is 3.17. The lowest BCUT2D eigenvalue weighted by atomic mass is 10.2. The van der Waals surface area contributed by atoms with Crippen LogP contribution in [0.5, 0.6) is 5.75 Å². The topological polar surface area (TPSA) is 50.6 Å². The molecule has 1 amide bonds. The Kier molecular flexibility index (Phi) is 6.61. The van der Waals surface area contributed by atoms with Gasteiger partial charge < -0.3 is 9.64 Å². The lowest BCUT2D eigenvalue weighted by Gasteiger charge is -2.21. The first-order valence-electron chi connectivity index (χ1n) is 9.30. The quantitative estimate of drug-likeness (QED) is 0.587. The monoisotopic (exact) mass is 396 g/mol. The molecule has 0 fully saturated rings. The van der Waals surface area contributed by atoms with E-state index in [9.17, 15) is 9.18 Å². The number of aromatic nitrogens is 2. The van der Waals surface area contributed by atoms with E-state index in [4.69, 9.17) is 4.74 Å². The van der Waals surface area contributed by atoms with E-state index in [1.165, 1.54) is 13.2 Å². The first-order chi connectivity index (χ1) is 14.0. The van der Waals surface area contributed by atoms with Gasteiger partial charge in [-0.05, 0) is 36.9 Å². The molecule has 29 heavy (non-hydrogen) atoms. The van der Waals surface area contributed by atoms with Crippen molar-refractivity contribution < 1.29 is 13.9 Å². The van der Waals surface area contributed by atoms with Crippen molar-refractivity contribution >= 4 is 5.91 Å². The van der Waals surface area contributed by atoms with E-state index < -0.39 is 5.82 Å². The highest BCUT2D eigenvalue weighted by Crippen LogP contribution is 2.18. The molecule has 0 N–H and O–H groups in total. The zero-order chi connectivity index (χ0) is 20.8. The molecule has 0 spiro atoms. The molecule has 6 nitrogen and oxygen atoms in total. The second-order valence-electron chi connectivity index (χ2n) is 7.02. The van der Waals surface area contributed by atoms with E-state index in [1.807, 2.05) is 48.5 Å². The first kappa shape index (κ1) is 20.5. The van der Waals surface area contributed by atoms with Gasteiger partial charge in [-0.2, -0.15) is 5.10 Å². The van der Waals surface area contributed by atoms with Crippen LogP contribution < -0.4 is 4.74 Å². The number of halogens is 1. The molecule has 152 valence electrons. The zero-order valence-corrected chi connectivity index (χ0v) is 16.9. The average molecular weight is 396 g/mol. The number of nitrogens with zero attached hydrogens (tertiary/aromatic N) is 4. The number of carbonyl (C=O) groups is 1. The lowest BCUT2D eigenvalue weighted by Crippen LogP contribution is -2.36. The number of para-hydroxylation sites is 1. The standard InChI is InChI=1S/C22H25FN4O2/c1-25(13-17-9-10-21(29-3)20(23)11-17)16-22(28)26(2)14-18-12-24-27(15-18)19-7-5-4-6-8-19/h4-12,15H,13-14,16H2,1-3H3. The van der Waals surface area contributed by atoms with Crippen LogP contribution in [0, 0.1) is 5.82 Å². The molecule has 3 aromatic rings. The third kappa shape index (κ3) is 5.42. The van der Waals surface area contributed by atoms with Gasteiger partial charge in [-0.25, -0.2) is 9.07 Å². The number of carbonyl (C=O) groups excluding carboxylic acids is 1. The maximum atomic E-state index is 13.8. The van der Waals surface area contributed by atoms with Gasteiger partial charge >= 0.3 is 0 Å². The first-order valence-corrected chi connectivity index (χ1v) is 9.30. The summed E-state index contributed by atoms with van der Waals surface area (Å²) < 4.78 is 20.6. The molecule has 0 aliphatic rings. The van der Waals surface area contributed by atoms with Crippen LogP contribution in [0.15, 0.2) is 60.9 Å². The predicted octanol–water partition coefficient (Wildman–Crippen LogP) is 3.11. The Hall–Kier alpha value is -3.19. The molecule has 3 rings (SSSR count). The number of methoxy groups -OCH3 is 1. The number of likely N-dealkylation sites (N-methyl/N-ethyl adjacent to an activating group) is 2. The Bertz CT molecular complexity index is 958. The van der Waals surface area contributed by atoms with Gasteiger partial charge in [-0.3, -0.25) is 9.69 Å². The number of ether oxygens (including phenoxy) is 1. The Morgan fingerprint density at radius 3 is 2.55 bits per heavy atom. The van der Waals surface area contributed by atoms with Crippen LogP contribution in [0.25, 0.3) is 5.69 Å². The summed E-state index contributed by atoms with van der Waals surface area (Å²) in [6, 6.07) is 14.6. The van der Waals surface area contributed by atoms with Crippen molar-refractivity contribution in [2.45, 2.75) is 13.1 Å². The van der Waals surface area contributed by atoms with Crippen molar-refractivity contribution in [1.82, 2.24) is 19.6 Å². The number of benzene rings is 2. The molecule has 0 unspecified atom stereocenters. The van der Waals surface area contributed by atoms with Gasteiger partial charge in [0, 0.05) is 31.9 Å². The van der Waals surface area contributed by atoms with Gasteiger partial charge in [0.15, 0.2) is 11.6 Å². The molecular weight excluding hydrogens is 371 g/mol. The summed E-state index contributed by atoms with van der Waals surface area (Å²) in [5.74, 6) is -0.213. The molecule has 0 saturated heterocycles. The number of hydrogen-bond donors (Lipinski definition) is 0. The summed E-state index contributed by atoms with van der Waals surface area (Å²) in [6.45, 7) is 1.17. The van der Waals surface area contributed by atoms with Crippen LogP contribution >= 0.6 is 0 Å². The normalized spacial score (nSPS) is 10.9. The SMILES string of the molecule is COc1ccc(CN(C)CC(=O)N(C)Cc2cnn(-c3ccccc3)c2)cc1F. The highest BCUT2D eigenvalue weighted by molar-refractivity contribution is 5.77. The molecule has 1 heterocycles. The van der Waals surface area contributed by atoms with E-state index >= 15 is 0 Å². The Balaban J connectivity index is 1.53. The van der Waals surface area contributed by atoms with Crippen molar-refractivity contribution in [2.75, 3.05) is 27.7 Å². The molecule has 7 heteroatoms. The maximum Gasteiger partial charge on any atom is 0.236 e. The van der Waals surface area contributed by atoms with Gasteiger partial charge in [-0.15, -0.1) is 0 Å². The van der Waals surface area contributed by atoms with Crippen molar-refractivity contribution in [1.29, 1.82) is 0 Å². The second-order valence-corrected chi connectivity index (χ2v) is 7.02. The molecule has 0 aliphatic carbocycles. The lowest BCUT2D eigenvalue weighted by molar-refractivity contribution is -0.131. The van der Waals surface area contributed by atoms with Crippen LogP contribution in [0.1, 0.15) is 11.1 Å². The highest BCUT2D eigenvalue weighted by atomic mass is 19.1. The van der Waals surface area contributed by atoms with Gasteiger partial charge in [-0.1, -0.05) is 24.3 Å². The molecule has 0 atom stereocenters. The van der Waals surface area contributed by atoms with E-state index in [2.05, 4.69) is 5.10 Å². The molecule has 0 saturated carbocycles. The van der Waals surface area contributed by atoms with E-state index in [1.54, 1.807) is 35.0 Å². The Morgan fingerprint density at radius 2 is 1.86 bits per heavy atom. The smallest absolute Gasteiger partial charge is 0.236 e. The number of hydrogen-bond acceptors (Lipinski definition) is 4. The minimum Gasteiger partial charge on any atom is -0.494 e. The largest absolute Gasteiger partial charge is 0.494 e. The van der Waals surface area contributed by atoms with Crippen LogP contribution in [0.4, 0.5) is 4.39 Å². The van der Waals surface area contributed by atoms with Crippen molar-refractivity contribution in [2.24, 2.45) is 0 Å². The van der Waals surface area contributed by atoms with Crippen molar-refractivity contribution in [3.63, 3.8) is 0 Å². The summed E-state index contributed by atoms with van der Waals surface area (Å²) in [5, 5.41) is 4.36. The van der Waals surface area contributed by atoms with Crippen LogP contribution in [-0.4, -0.2) is 53.2 Å². The molecule has 2 aromatic carbocycles. The fourth-order valence-corrected chi connectivity index (χ4v) is 3.05. The Labute approximate surface area is 170 Å². The van der Waals surface area contributed by atoms with Crippen LogP contribution in [0.2, 0.25) is 0 Å². The van der Waals surface area contributed by atoms with E-state index in [0.717, 1.165) is 16.8 Å². The molecular formula is C22H25FN4O2. The van der Waals surface area contributed by atoms with Gasteiger partial charge in [0.05, 0.1) is 25.5 Å². The van der Waals surface area contributed by atoms with E-state index in [0.29, 0.717) is 13.1 Å². The molecule has 0 bridgehead atoms. The molecule has 1 aromatic heterocycles. The minimum absolute atomic E-state index is 0.0195. The van der Waals surface area contributed by atoms with Gasteiger partial charge in [0.1, 0.15) is 0 Å². The summed E-state index contributed by atoms with van der Waals surface area (Å²) in [6.07, 6.45) is 3.68. The fraction of sp³-hybridized carbons (Fsp3) is 0.273.